The third kappa shape index (κ3) is 0.947. The fourth-order valence-corrected chi connectivity index (χ4v) is 2.47. The van der Waals surface area contributed by atoms with Gasteiger partial charge in [0.25, 0.3) is 0 Å². The van der Waals surface area contributed by atoms with Crippen molar-refractivity contribution in [1.29, 1.82) is 0 Å². The van der Waals surface area contributed by atoms with Crippen LogP contribution in [0.5, 0.6) is 0 Å². The lowest BCUT2D eigenvalue weighted by Gasteiger charge is -2.32. The average Bonchev–Trinajstić information content (AvgIpc) is 2.48. The summed E-state index contributed by atoms with van der Waals surface area (Å²) >= 11 is 3.37. The third-order valence-corrected chi connectivity index (χ3v) is 4.06. The number of ether oxygens (including phenoxy) is 1. The number of ketones is 1. The van der Waals surface area contributed by atoms with Gasteiger partial charge >= 0.3 is 0 Å². The molecule has 2 aliphatic heterocycles. The highest BCUT2D eigenvalue weighted by Gasteiger charge is 2.61. The first-order valence-electron chi connectivity index (χ1n) is 4.42. The summed E-state index contributed by atoms with van der Waals surface area (Å²) in [5.74, 6) is 0.215. The summed E-state index contributed by atoms with van der Waals surface area (Å²) in [5.41, 5.74) is 0.313. The molecule has 13 heavy (non-hydrogen) atoms. The van der Waals surface area contributed by atoms with E-state index in [-0.39, 0.29) is 17.3 Å². The van der Waals surface area contributed by atoms with Gasteiger partial charge in [0, 0.05) is 5.33 Å². The lowest BCUT2D eigenvalue weighted by molar-refractivity contribution is -0.126. The quantitative estimate of drug-likeness (QED) is 0.522. The summed E-state index contributed by atoms with van der Waals surface area (Å²) in [5, 5.41) is 0.731. The van der Waals surface area contributed by atoms with Crippen molar-refractivity contribution >= 4 is 21.7 Å². The van der Waals surface area contributed by atoms with Gasteiger partial charge in [-0.2, -0.15) is 0 Å². The van der Waals surface area contributed by atoms with Crippen molar-refractivity contribution in [3.63, 3.8) is 0 Å². The number of Topliss-reactive ketones (excluding diaryl/α,β-unsaturated/α-hetero) is 1. The van der Waals surface area contributed by atoms with Gasteiger partial charge in [-0.25, -0.2) is 0 Å². The highest BCUT2D eigenvalue weighted by Crippen LogP contribution is 2.51. The molecule has 0 radical (unpaired) electrons. The number of fused-ring (bicyclic) bond motifs is 2. The summed E-state index contributed by atoms with van der Waals surface area (Å²) in [6.07, 6.45) is 1.80. The number of rotatable bonds is 1. The molecule has 3 heteroatoms. The van der Waals surface area contributed by atoms with E-state index in [2.05, 4.69) is 22.0 Å². The molecule has 1 saturated heterocycles. The van der Waals surface area contributed by atoms with Gasteiger partial charge in [0.1, 0.15) is 6.10 Å². The van der Waals surface area contributed by atoms with Crippen LogP contribution in [0.25, 0.3) is 0 Å². The Morgan fingerprint density at radius 2 is 2.15 bits per heavy atom. The van der Waals surface area contributed by atoms with Crippen molar-refractivity contribution < 1.29 is 9.53 Å². The van der Waals surface area contributed by atoms with E-state index in [1.807, 2.05) is 20.8 Å². The van der Waals surface area contributed by atoms with E-state index >= 15 is 0 Å². The molecule has 2 bridgehead atoms. The molecule has 0 amide bonds. The number of carbonyl (C=O) groups excluding carboxylic acids is 1. The third-order valence-electron chi connectivity index (χ3n) is 3.41. The Morgan fingerprint density at radius 1 is 1.54 bits per heavy atom. The Balaban J connectivity index is 2.49. The molecule has 0 N–H and O–H groups in total. The minimum absolute atomic E-state index is 0.215. The van der Waals surface area contributed by atoms with Gasteiger partial charge in [0.15, 0.2) is 5.78 Å². The fraction of sp³-hybridized carbons (Fsp3) is 0.700. The van der Waals surface area contributed by atoms with E-state index in [1.54, 1.807) is 0 Å². The van der Waals surface area contributed by atoms with Gasteiger partial charge in [0.05, 0.1) is 11.0 Å². The van der Waals surface area contributed by atoms with Crippen molar-refractivity contribution in [3.05, 3.63) is 11.6 Å². The summed E-state index contributed by atoms with van der Waals surface area (Å²) in [4.78, 5) is 11.9. The van der Waals surface area contributed by atoms with Crippen LogP contribution < -0.4 is 0 Å². The highest BCUT2D eigenvalue weighted by atomic mass is 79.9. The van der Waals surface area contributed by atoms with Gasteiger partial charge in [0.2, 0.25) is 0 Å². The first-order chi connectivity index (χ1) is 5.92. The Hall–Kier alpha value is -0.150. The number of halogens is 1. The average molecular weight is 245 g/mol. The zero-order valence-corrected chi connectivity index (χ0v) is 9.64. The van der Waals surface area contributed by atoms with Crippen LogP contribution in [0.4, 0.5) is 0 Å². The van der Waals surface area contributed by atoms with E-state index in [4.69, 9.17) is 4.74 Å². The molecular formula is C10H13BrO2. The minimum Gasteiger partial charge on any atom is -0.355 e. The molecule has 72 valence electrons. The Kier molecular flexibility index (Phi) is 1.77. The van der Waals surface area contributed by atoms with Crippen molar-refractivity contribution in [1.82, 2.24) is 0 Å². The van der Waals surface area contributed by atoms with E-state index in [1.165, 1.54) is 0 Å². The Bertz CT molecular complexity index is 306. The summed E-state index contributed by atoms with van der Waals surface area (Å²) in [7, 11) is 0. The fourth-order valence-electron chi connectivity index (χ4n) is 2.01. The second kappa shape index (κ2) is 2.45. The van der Waals surface area contributed by atoms with Gasteiger partial charge in [-0.05, 0) is 32.4 Å². The largest absolute Gasteiger partial charge is 0.355 e. The van der Waals surface area contributed by atoms with Crippen LogP contribution in [0, 0.1) is 5.41 Å². The van der Waals surface area contributed by atoms with Gasteiger partial charge in [-0.1, -0.05) is 15.9 Å². The maximum absolute atomic E-state index is 11.9. The molecule has 1 fully saturated rings. The van der Waals surface area contributed by atoms with Crippen LogP contribution in [0.2, 0.25) is 0 Å². The van der Waals surface area contributed by atoms with Crippen molar-refractivity contribution in [3.8, 4) is 0 Å². The lowest BCUT2D eigenvalue weighted by atomic mass is 9.70. The molecule has 2 heterocycles. The number of carbonyl (C=O) groups is 1. The maximum atomic E-state index is 11.9. The second-order valence-electron chi connectivity index (χ2n) is 4.45. The van der Waals surface area contributed by atoms with E-state index in [9.17, 15) is 4.79 Å². The number of hydrogen-bond acceptors (Lipinski definition) is 2. The molecule has 0 aromatic carbocycles. The molecule has 0 saturated carbocycles. The van der Waals surface area contributed by atoms with Crippen LogP contribution in [-0.4, -0.2) is 22.8 Å². The molecule has 0 aliphatic carbocycles. The Morgan fingerprint density at radius 3 is 2.54 bits per heavy atom. The standard InChI is InChI=1S/C10H13BrO2/c1-9(2)8(12)7-6(5-11)4-10(9,3)13-7/h4,7H,5H2,1-3H3. The topological polar surface area (TPSA) is 26.3 Å². The van der Waals surface area contributed by atoms with Crippen LogP contribution in [-0.2, 0) is 9.53 Å². The molecule has 2 unspecified atom stereocenters. The van der Waals surface area contributed by atoms with E-state index in [0.717, 1.165) is 10.9 Å². The molecule has 2 atom stereocenters. The van der Waals surface area contributed by atoms with Crippen LogP contribution in [0.3, 0.4) is 0 Å². The zero-order chi connectivity index (χ0) is 9.85. The first-order valence-corrected chi connectivity index (χ1v) is 5.54. The van der Waals surface area contributed by atoms with Crippen molar-refractivity contribution in [2.75, 3.05) is 5.33 Å². The zero-order valence-electron chi connectivity index (χ0n) is 8.06. The van der Waals surface area contributed by atoms with Crippen LogP contribution in [0.15, 0.2) is 11.6 Å². The monoisotopic (exact) mass is 244 g/mol. The molecule has 2 aliphatic rings. The molecule has 0 aromatic rings. The predicted molar refractivity (Wildman–Crippen MR) is 53.9 cm³/mol. The van der Waals surface area contributed by atoms with Crippen molar-refractivity contribution in [2.24, 2.45) is 5.41 Å². The van der Waals surface area contributed by atoms with Crippen LogP contribution in [0.1, 0.15) is 20.8 Å². The summed E-state index contributed by atoms with van der Waals surface area (Å²) < 4.78 is 5.72. The van der Waals surface area contributed by atoms with Gasteiger partial charge in [-0.15, -0.1) is 0 Å². The molecule has 2 rings (SSSR count). The smallest absolute Gasteiger partial charge is 0.174 e. The van der Waals surface area contributed by atoms with Crippen LogP contribution >= 0.6 is 15.9 Å². The first kappa shape index (κ1) is 9.41. The highest BCUT2D eigenvalue weighted by molar-refractivity contribution is 9.09. The second-order valence-corrected chi connectivity index (χ2v) is 5.01. The Labute approximate surface area is 86.5 Å². The molecular weight excluding hydrogens is 232 g/mol. The molecule has 0 spiro atoms. The summed E-state index contributed by atoms with van der Waals surface area (Å²) in [6, 6.07) is 0. The number of hydrogen-bond donors (Lipinski definition) is 0. The van der Waals surface area contributed by atoms with E-state index in [0.29, 0.717) is 0 Å². The normalized spacial score (nSPS) is 41.1. The van der Waals surface area contributed by atoms with Gasteiger partial charge < -0.3 is 4.74 Å². The SMILES string of the molecule is CC12C=C(CBr)C(O1)C(=O)C2(C)C. The lowest BCUT2D eigenvalue weighted by Crippen LogP contribution is -2.42. The number of alkyl halides is 1. The molecule has 2 nitrogen and oxygen atoms in total. The summed E-state index contributed by atoms with van der Waals surface area (Å²) in [6.45, 7) is 5.90. The molecule has 0 aromatic heterocycles. The maximum Gasteiger partial charge on any atom is 0.174 e. The minimum atomic E-state index is -0.391. The van der Waals surface area contributed by atoms with Gasteiger partial charge in [-0.3, -0.25) is 4.79 Å². The van der Waals surface area contributed by atoms with Crippen molar-refractivity contribution in [2.45, 2.75) is 32.5 Å². The van der Waals surface area contributed by atoms with E-state index < -0.39 is 5.60 Å². The predicted octanol–water partition coefficient (Wildman–Crippen LogP) is 2.07.